The summed E-state index contributed by atoms with van der Waals surface area (Å²) in [4.78, 5) is 5.42. The largest absolute Gasteiger partial charge is 0.432 e. The Bertz CT molecular complexity index is 564. The smallest absolute Gasteiger partial charge is 0.262 e. The Morgan fingerprint density at radius 2 is 1.89 bits per heavy atom. The highest BCUT2D eigenvalue weighted by atomic mass is 79.9. The van der Waals surface area contributed by atoms with Gasteiger partial charge in [0.25, 0.3) is 5.22 Å². The van der Waals surface area contributed by atoms with E-state index in [0.717, 1.165) is 30.6 Å². The summed E-state index contributed by atoms with van der Waals surface area (Å²) in [7, 11) is 0. The molecule has 1 aromatic heterocycles. The number of halogens is 1. The van der Waals surface area contributed by atoms with Crippen LogP contribution in [0.4, 0.5) is 0 Å². The Morgan fingerprint density at radius 3 is 2.58 bits per heavy atom. The first-order valence-electron chi connectivity index (χ1n) is 6.29. The minimum Gasteiger partial charge on any atom is -0.432 e. The number of benzene rings is 1. The molecular formula is C14H14BrNO2S. The quantitative estimate of drug-likeness (QED) is 0.902. The molecule has 1 fully saturated rings. The number of nitrogens with zero attached hydrogens (tertiary/aromatic N) is 1. The van der Waals surface area contributed by atoms with Gasteiger partial charge in [-0.2, -0.15) is 4.98 Å². The molecule has 0 spiro atoms. The van der Waals surface area contributed by atoms with Gasteiger partial charge in [-0.25, -0.2) is 0 Å². The minimum atomic E-state index is -0.846. The first kappa shape index (κ1) is 13.2. The van der Waals surface area contributed by atoms with Crippen molar-refractivity contribution < 1.29 is 9.52 Å². The first-order chi connectivity index (χ1) is 9.17. The lowest BCUT2D eigenvalue weighted by atomic mass is 10.0. The van der Waals surface area contributed by atoms with Gasteiger partial charge in [-0.1, -0.05) is 18.2 Å². The van der Waals surface area contributed by atoms with E-state index in [-0.39, 0.29) is 0 Å². The molecule has 0 aliphatic heterocycles. The summed E-state index contributed by atoms with van der Waals surface area (Å²) in [6, 6.07) is 9.94. The zero-order valence-corrected chi connectivity index (χ0v) is 12.7. The Balaban J connectivity index is 1.85. The Labute approximate surface area is 124 Å². The molecule has 0 amide bonds. The van der Waals surface area contributed by atoms with E-state index in [2.05, 4.69) is 20.9 Å². The van der Waals surface area contributed by atoms with Crippen LogP contribution in [-0.4, -0.2) is 10.1 Å². The van der Waals surface area contributed by atoms with Gasteiger partial charge in [0.05, 0.1) is 0 Å². The fourth-order valence-electron chi connectivity index (χ4n) is 2.39. The van der Waals surface area contributed by atoms with E-state index in [1.165, 1.54) is 11.8 Å². The van der Waals surface area contributed by atoms with Crippen LogP contribution < -0.4 is 0 Å². The standard InChI is InChI=1S/C14H14BrNO2S/c15-12-11(14(17)8-4-5-9-14)18-13(16-12)19-10-6-2-1-3-7-10/h1-3,6-7,17H,4-5,8-9H2. The highest BCUT2D eigenvalue weighted by Gasteiger charge is 2.39. The zero-order valence-electron chi connectivity index (χ0n) is 10.3. The van der Waals surface area contributed by atoms with E-state index in [9.17, 15) is 5.11 Å². The molecule has 1 heterocycles. The van der Waals surface area contributed by atoms with E-state index < -0.39 is 5.60 Å². The van der Waals surface area contributed by atoms with Gasteiger partial charge >= 0.3 is 0 Å². The molecule has 0 bridgehead atoms. The normalized spacial score (nSPS) is 17.8. The molecule has 3 rings (SSSR count). The van der Waals surface area contributed by atoms with Gasteiger partial charge in [0.1, 0.15) is 5.60 Å². The third-order valence-electron chi connectivity index (χ3n) is 3.37. The predicted octanol–water partition coefficient (Wildman–Crippen LogP) is 4.35. The van der Waals surface area contributed by atoms with Crippen molar-refractivity contribution in [3.05, 3.63) is 40.7 Å². The molecule has 100 valence electrons. The fraction of sp³-hybridized carbons (Fsp3) is 0.357. The van der Waals surface area contributed by atoms with Crippen molar-refractivity contribution in [2.24, 2.45) is 0 Å². The summed E-state index contributed by atoms with van der Waals surface area (Å²) >= 11 is 4.86. The Kier molecular flexibility index (Phi) is 3.69. The third kappa shape index (κ3) is 2.73. The van der Waals surface area contributed by atoms with Crippen LogP contribution in [0.1, 0.15) is 31.4 Å². The molecule has 1 N–H and O–H groups in total. The zero-order chi connectivity index (χ0) is 13.3. The summed E-state index contributed by atoms with van der Waals surface area (Å²) in [5.74, 6) is 0.573. The SMILES string of the molecule is OC1(c2oc(Sc3ccccc3)nc2Br)CCCC1. The second kappa shape index (κ2) is 5.31. The molecular weight excluding hydrogens is 326 g/mol. The fourth-order valence-corrected chi connectivity index (χ4v) is 3.88. The van der Waals surface area contributed by atoms with E-state index in [1.54, 1.807) is 0 Å². The summed E-state index contributed by atoms with van der Waals surface area (Å²) in [6.07, 6.45) is 3.56. The molecule has 1 saturated carbocycles. The van der Waals surface area contributed by atoms with Crippen molar-refractivity contribution in [3.63, 3.8) is 0 Å². The molecule has 1 aliphatic carbocycles. The summed E-state index contributed by atoms with van der Waals surface area (Å²) < 4.78 is 6.38. The van der Waals surface area contributed by atoms with Gasteiger partial charge in [-0.3, -0.25) is 0 Å². The Hall–Kier alpha value is -0.780. The van der Waals surface area contributed by atoms with Crippen LogP contribution in [0.25, 0.3) is 0 Å². The van der Waals surface area contributed by atoms with Gasteiger partial charge in [0, 0.05) is 4.90 Å². The molecule has 0 radical (unpaired) electrons. The monoisotopic (exact) mass is 339 g/mol. The van der Waals surface area contributed by atoms with Crippen molar-refractivity contribution in [1.82, 2.24) is 4.98 Å². The molecule has 0 saturated heterocycles. The van der Waals surface area contributed by atoms with Gasteiger partial charge in [0.15, 0.2) is 10.4 Å². The van der Waals surface area contributed by atoms with Crippen molar-refractivity contribution in [2.45, 2.75) is 41.4 Å². The second-order valence-corrected chi connectivity index (χ2v) is 6.53. The highest BCUT2D eigenvalue weighted by molar-refractivity contribution is 9.10. The van der Waals surface area contributed by atoms with Crippen LogP contribution in [0.15, 0.2) is 49.5 Å². The minimum absolute atomic E-state index is 0.563. The lowest BCUT2D eigenvalue weighted by Gasteiger charge is -2.18. The molecule has 3 nitrogen and oxygen atoms in total. The van der Waals surface area contributed by atoms with Crippen LogP contribution in [0.5, 0.6) is 0 Å². The van der Waals surface area contributed by atoms with Gasteiger partial charge in [-0.15, -0.1) is 0 Å². The predicted molar refractivity (Wildman–Crippen MR) is 77.1 cm³/mol. The average molecular weight is 340 g/mol. The molecule has 5 heteroatoms. The van der Waals surface area contributed by atoms with Crippen LogP contribution in [0.3, 0.4) is 0 Å². The lowest BCUT2D eigenvalue weighted by Crippen LogP contribution is -2.20. The molecule has 0 atom stereocenters. The summed E-state index contributed by atoms with van der Waals surface area (Å²) in [6.45, 7) is 0. The van der Waals surface area contributed by atoms with Crippen molar-refractivity contribution in [2.75, 3.05) is 0 Å². The van der Waals surface area contributed by atoms with Crippen LogP contribution in [0, 0.1) is 0 Å². The highest BCUT2D eigenvalue weighted by Crippen LogP contribution is 2.43. The third-order valence-corrected chi connectivity index (χ3v) is 4.76. The Morgan fingerprint density at radius 1 is 1.21 bits per heavy atom. The first-order valence-corrected chi connectivity index (χ1v) is 7.90. The van der Waals surface area contributed by atoms with E-state index in [0.29, 0.717) is 15.6 Å². The lowest BCUT2D eigenvalue weighted by molar-refractivity contribution is 0.0179. The average Bonchev–Trinajstić information content (AvgIpc) is 2.98. The number of rotatable bonds is 3. The van der Waals surface area contributed by atoms with Gasteiger partial charge < -0.3 is 9.52 Å². The molecule has 2 aromatic rings. The molecule has 0 unspecified atom stereocenters. The number of hydrogen-bond acceptors (Lipinski definition) is 4. The van der Waals surface area contributed by atoms with E-state index >= 15 is 0 Å². The van der Waals surface area contributed by atoms with Gasteiger partial charge in [-0.05, 0) is 65.5 Å². The van der Waals surface area contributed by atoms with E-state index in [1.807, 2.05) is 30.3 Å². The maximum absolute atomic E-state index is 10.5. The van der Waals surface area contributed by atoms with Crippen LogP contribution in [0.2, 0.25) is 0 Å². The van der Waals surface area contributed by atoms with Crippen LogP contribution in [-0.2, 0) is 5.60 Å². The maximum atomic E-state index is 10.5. The topological polar surface area (TPSA) is 46.3 Å². The maximum Gasteiger partial charge on any atom is 0.262 e. The summed E-state index contributed by atoms with van der Waals surface area (Å²) in [5.41, 5.74) is -0.846. The van der Waals surface area contributed by atoms with Crippen molar-refractivity contribution in [3.8, 4) is 0 Å². The summed E-state index contributed by atoms with van der Waals surface area (Å²) in [5, 5.41) is 11.1. The number of aromatic nitrogens is 1. The molecule has 1 aromatic carbocycles. The second-order valence-electron chi connectivity index (χ2n) is 4.75. The van der Waals surface area contributed by atoms with Crippen molar-refractivity contribution in [1.29, 1.82) is 0 Å². The van der Waals surface area contributed by atoms with Crippen LogP contribution >= 0.6 is 27.7 Å². The number of oxazole rings is 1. The number of hydrogen-bond donors (Lipinski definition) is 1. The van der Waals surface area contributed by atoms with Crippen molar-refractivity contribution >= 4 is 27.7 Å². The van der Waals surface area contributed by atoms with Gasteiger partial charge in [0.2, 0.25) is 0 Å². The number of aliphatic hydroxyl groups is 1. The van der Waals surface area contributed by atoms with E-state index in [4.69, 9.17) is 4.42 Å². The molecule has 1 aliphatic rings. The molecule has 19 heavy (non-hydrogen) atoms.